The van der Waals surface area contributed by atoms with E-state index in [4.69, 9.17) is 20.2 Å². The van der Waals surface area contributed by atoms with Crippen LogP contribution in [0.15, 0.2) is 24.3 Å². The van der Waals surface area contributed by atoms with Crippen molar-refractivity contribution in [3.8, 4) is 0 Å². The summed E-state index contributed by atoms with van der Waals surface area (Å²) in [6, 6.07) is 7.81. The second-order valence-electron chi connectivity index (χ2n) is 6.54. The number of imidazole rings is 1. The van der Waals surface area contributed by atoms with Gasteiger partial charge in [-0.05, 0) is 13.0 Å². The molecule has 0 aliphatic carbocycles. The van der Waals surface area contributed by atoms with Gasteiger partial charge in [0.2, 0.25) is 10.0 Å². The van der Waals surface area contributed by atoms with Gasteiger partial charge in [0, 0.05) is 32.0 Å². The molecule has 0 unspecified atom stereocenters. The molecular formula is C19H27N5O4S. The second-order valence-corrected chi connectivity index (χ2v) is 8.64. The maximum Gasteiger partial charge on any atom is 0.211 e. The predicted molar refractivity (Wildman–Crippen MR) is 113 cm³/mol. The highest BCUT2D eigenvalue weighted by molar-refractivity contribution is 7.89. The number of nitrogen functional groups attached to an aromatic ring is 1. The van der Waals surface area contributed by atoms with Gasteiger partial charge in [-0.2, -0.15) is 0 Å². The molecule has 0 amide bonds. The molecule has 1 aromatic carbocycles. The average Bonchev–Trinajstić information content (AvgIpc) is 3.08. The van der Waals surface area contributed by atoms with Crippen LogP contribution < -0.4 is 10.5 Å². The Morgan fingerprint density at radius 2 is 1.97 bits per heavy atom. The SMILES string of the molecule is CCS(=O)(=O)NCCOCCn1c(CCOC)nc2c(N)nc3ccccc3c21. The second kappa shape index (κ2) is 9.49. The fourth-order valence-electron chi connectivity index (χ4n) is 3.16. The highest BCUT2D eigenvalue weighted by Gasteiger charge is 2.17. The van der Waals surface area contributed by atoms with Gasteiger partial charge in [0.25, 0.3) is 0 Å². The van der Waals surface area contributed by atoms with Crippen LogP contribution in [0.25, 0.3) is 21.9 Å². The van der Waals surface area contributed by atoms with Gasteiger partial charge in [0.15, 0.2) is 5.82 Å². The first kappa shape index (κ1) is 21.4. The molecule has 10 heteroatoms. The zero-order chi connectivity index (χ0) is 20.9. The topological polar surface area (TPSA) is 121 Å². The summed E-state index contributed by atoms with van der Waals surface area (Å²) in [7, 11) is -1.55. The maximum absolute atomic E-state index is 11.5. The van der Waals surface area contributed by atoms with Gasteiger partial charge >= 0.3 is 0 Å². The van der Waals surface area contributed by atoms with Crippen molar-refractivity contribution in [3.63, 3.8) is 0 Å². The van der Waals surface area contributed by atoms with Crippen molar-refractivity contribution in [2.75, 3.05) is 45.0 Å². The Balaban J connectivity index is 1.81. The van der Waals surface area contributed by atoms with Gasteiger partial charge in [0.05, 0.1) is 36.6 Å². The van der Waals surface area contributed by atoms with Crippen LogP contribution in [0.2, 0.25) is 0 Å². The summed E-state index contributed by atoms with van der Waals surface area (Å²) in [4.78, 5) is 9.17. The van der Waals surface area contributed by atoms with Gasteiger partial charge < -0.3 is 19.8 Å². The Labute approximate surface area is 170 Å². The fourth-order valence-corrected chi connectivity index (χ4v) is 3.76. The summed E-state index contributed by atoms with van der Waals surface area (Å²) in [5.41, 5.74) is 8.58. The van der Waals surface area contributed by atoms with Crippen molar-refractivity contribution >= 4 is 37.8 Å². The first-order valence-electron chi connectivity index (χ1n) is 9.54. The van der Waals surface area contributed by atoms with E-state index >= 15 is 0 Å². The fraction of sp³-hybridized carbons (Fsp3) is 0.474. The van der Waals surface area contributed by atoms with Crippen LogP contribution in [-0.2, 0) is 32.5 Å². The number of sulfonamides is 1. The number of nitrogens with one attached hydrogen (secondary N) is 1. The molecule has 9 nitrogen and oxygen atoms in total. The van der Waals surface area contributed by atoms with Crippen LogP contribution >= 0.6 is 0 Å². The lowest BCUT2D eigenvalue weighted by Crippen LogP contribution is -2.29. The highest BCUT2D eigenvalue weighted by atomic mass is 32.2. The molecule has 158 valence electrons. The standard InChI is InChI=1S/C19H27N5O4S/c1-3-29(25,26)21-9-12-28-13-10-24-16(8-11-27-2)23-17-18(24)14-6-4-5-7-15(14)22-19(17)20/h4-7,21H,3,8-13H2,1-2H3,(H2,20,22). The number of methoxy groups -OCH3 is 1. The number of nitrogens with two attached hydrogens (primary N) is 1. The van der Waals surface area contributed by atoms with Crippen molar-refractivity contribution in [2.24, 2.45) is 0 Å². The molecular weight excluding hydrogens is 394 g/mol. The number of benzene rings is 1. The summed E-state index contributed by atoms with van der Waals surface area (Å²) in [6.45, 7) is 3.65. The molecule has 2 heterocycles. The quantitative estimate of drug-likeness (QED) is 0.448. The minimum atomic E-state index is -3.20. The van der Waals surface area contributed by atoms with Crippen LogP contribution in [-0.4, -0.2) is 62.2 Å². The largest absolute Gasteiger partial charge is 0.384 e. The number of rotatable bonds is 11. The molecule has 2 aromatic heterocycles. The average molecular weight is 422 g/mol. The van der Waals surface area contributed by atoms with Crippen LogP contribution in [0.4, 0.5) is 5.82 Å². The van der Waals surface area contributed by atoms with Crippen LogP contribution in [0.1, 0.15) is 12.7 Å². The van der Waals surface area contributed by atoms with E-state index in [9.17, 15) is 8.42 Å². The van der Waals surface area contributed by atoms with Crippen LogP contribution in [0.5, 0.6) is 0 Å². The lowest BCUT2D eigenvalue weighted by Gasteiger charge is -2.11. The Hall–Kier alpha value is -2.27. The minimum Gasteiger partial charge on any atom is -0.384 e. The van der Waals surface area contributed by atoms with E-state index < -0.39 is 10.0 Å². The molecule has 0 spiro atoms. The minimum absolute atomic E-state index is 0.0550. The normalized spacial score (nSPS) is 12.2. The number of fused-ring (bicyclic) bond motifs is 3. The van der Waals surface area contributed by atoms with E-state index in [2.05, 4.69) is 14.3 Å². The number of nitrogens with zero attached hydrogens (tertiary/aromatic N) is 3. The number of ether oxygens (including phenoxy) is 2. The first-order valence-corrected chi connectivity index (χ1v) is 11.2. The zero-order valence-electron chi connectivity index (χ0n) is 16.7. The van der Waals surface area contributed by atoms with E-state index in [1.165, 1.54) is 0 Å². The molecule has 3 N–H and O–H groups in total. The molecule has 3 aromatic rings. The smallest absolute Gasteiger partial charge is 0.211 e. The molecule has 0 saturated carbocycles. The molecule has 0 atom stereocenters. The van der Waals surface area contributed by atoms with Crippen molar-refractivity contribution in [1.29, 1.82) is 0 Å². The first-order chi connectivity index (χ1) is 14.0. The van der Waals surface area contributed by atoms with E-state index in [1.807, 2.05) is 24.3 Å². The van der Waals surface area contributed by atoms with Gasteiger partial charge in [-0.15, -0.1) is 0 Å². The van der Waals surface area contributed by atoms with E-state index in [1.54, 1.807) is 14.0 Å². The number of hydrogen-bond donors (Lipinski definition) is 2. The number of hydrogen-bond acceptors (Lipinski definition) is 7. The number of aromatic nitrogens is 3. The lowest BCUT2D eigenvalue weighted by molar-refractivity contribution is 0.131. The molecule has 0 radical (unpaired) electrons. The Bertz CT molecular complexity index is 1080. The molecule has 0 bridgehead atoms. The third kappa shape index (κ3) is 5.02. The third-order valence-corrected chi connectivity index (χ3v) is 6.03. The van der Waals surface area contributed by atoms with Crippen molar-refractivity contribution in [2.45, 2.75) is 19.9 Å². The summed E-state index contributed by atoms with van der Waals surface area (Å²) in [5, 5.41) is 0.976. The van der Waals surface area contributed by atoms with E-state index in [0.717, 1.165) is 22.2 Å². The summed E-state index contributed by atoms with van der Waals surface area (Å²) < 4.78 is 38.4. The maximum atomic E-state index is 11.5. The molecule has 0 fully saturated rings. The van der Waals surface area contributed by atoms with E-state index in [0.29, 0.717) is 44.1 Å². The van der Waals surface area contributed by atoms with Crippen molar-refractivity contribution in [3.05, 3.63) is 30.1 Å². The zero-order valence-corrected chi connectivity index (χ0v) is 17.5. The lowest BCUT2D eigenvalue weighted by atomic mass is 10.2. The summed E-state index contributed by atoms with van der Waals surface area (Å²) >= 11 is 0. The van der Waals surface area contributed by atoms with Crippen LogP contribution in [0, 0.1) is 0 Å². The van der Waals surface area contributed by atoms with Gasteiger partial charge in [-0.3, -0.25) is 0 Å². The molecule has 0 saturated heterocycles. The number of anilines is 1. The molecule has 3 rings (SSSR count). The van der Waals surface area contributed by atoms with Crippen LogP contribution in [0.3, 0.4) is 0 Å². The number of para-hydroxylation sites is 1. The van der Waals surface area contributed by atoms with Gasteiger partial charge in [0.1, 0.15) is 11.3 Å². The predicted octanol–water partition coefficient (Wildman–Crippen LogP) is 1.31. The molecule has 0 aliphatic rings. The van der Waals surface area contributed by atoms with Gasteiger partial charge in [-0.1, -0.05) is 18.2 Å². The summed E-state index contributed by atoms with van der Waals surface area (Å²) in [5.74, 6) is 1.30. The Kier molecular flexibility index (Phi) is 7.01. The van der Waals surface area contributed by atoms with Crippen molar-refractivity contribution < 1.29 is 17.9 Å². The molecule has 0 aliphatic heterocycles. The Morgan fingerprint density at radius 3 is 2.72 bits per heavy atom. The Morgan fingerprint density at radius 1 is 1.17 bits per heavy atom. The number of pyridine rings is 1. The summed E-state index contributed by atoms with van der Waals surface area (Å²) in [6.07, 6.45) is 0.634. The van der Waals surface area contributed by atoms with Crippen molar-refractivity contribution in [1.82, 2.24) is 19.3 Å². The third-order valence-electron chi connectivity index (χ3n) is 4.63. The van der Waals surface area contributed by atoms with E-state index in [-0.39, 0.29) is 12.3 Å². The monoisotopic (exact) mass is 421 g/mol. The van der Waals surface area contributed by atoms with Gasteiger partial charge in [-0.25, -0.2) is 23.1 Å². The highest BCUT2D eigenvalue weighted by Crippen LogP contribution is 2.28. The molecule has 29 heavy (non-hydrogen) atoms.